The molecule has 2 aliphatic heterocycles. The molecular weight excluding hydrogens is 350 g/mol. The zero-order valence-corrected chi connectivity index (χ0v) is 15.6. The van der Waals surface area contributed by atoms with Crippen LogP contribution in [0.5, 0.6) is 0 Å². The molecule has 0 spiro atoms. The summed E-state index contributed by atoms with van der Waals surface area (Å²) in [5.74, 6) is 0.961. The molecule has 0 unspecified atom stereocenters. The van der Waals surface area contributed by atoms with Crippen LogP contribution in [0.3, 0.4) is 0 Å². The SMILES string of the molecule is N[C@@H]1CN(Cc2ccc(S(=O)(=O)N3CCCC3)o2)C[C@H]1c1ccccc1. The number of benzene rings is 1. The van der Waals surface area contributed by atoms with Crippen LogP contribution in [-0.4, -0.2) is 49.8 Å². The van der Waals surface area contributed by atoms with Gasteiger partial charge in [0.25, 0.3) is 10.0 Å². The van der Waals surface area contributed by atoms with E-state index in [9.17, 15) is 8.42 Å². The quantitative estimate of drug-likeness (QED) is 0.864. The Bertz CT molecular complexity index is 844. The van der Waals surface area contributed by atoms with Crippen molar-refractivity contribution >= 4 is 10.0 Å². The molecule has 0 bridgehead atoms. The van der Waals surface area contributed by atoms with Crippen LogP contribution in [0.1, 0.15) is 30.1 Å². The van der Waals surface area contributed by atoms with Crippen LogP contribution < -0.4 is 5.73 Å². The molecule has 6 nitrogen and oxygen atoms in total. The first-order valence-electron chi connectivity index (χ1n) is 9.16. The van der Waals surface area contributed by atoms with Crippen molar-refractivity contribution in [2.45, 2.75) is 36.4 Å². The van der Waals surface area contributed by atoms with Gasteiger partial charge in [-0.25, -0.2) is 8.42 Å². The Balaban J connectivity index is 1.43. The van der Waals surface area contributed by atoms with Crippen molar-refractivity contribution in [3.63, 3.8) is 0 Å². The van der Waals surface area contributed by atoms with E-state index in [1.165, 1.54) is 9.87 Å². The molecule has 2 N–H and O–H groups in total. The highest BCUT2D eigenvalue weighted by Gasteiger charge is 2.33. The minimum atomic E-state index is -3.49. The second-order valence-corrected chi connectivity index (χ2v) is 9.08. The number of nitrogens with two attached hydrogens (primary N) is 1. The van der Waals surface area contributed by atoms with Gasteiger partial charge in [0.1, 0.15) is 5.76 Å². The van der Waals surface area contributed by atoms with Crippen LogP contribution in [0, 0.1) is 0 Å². The minimum absolute atomic E-state index is 0.0532. The summed E-state index contributed by atoms with van der Waals surface area (Å²) in [6.45, 7) is 3.36. The lowest BCUT2D eigenvalue weighted by Gasteiger charge is -2.15. The van der Waals surface area contributed by atoms with E-state index in [-0.39, 0.29) is 11.1 Å². The Morgan fingerprint density at radius 3 is 2.50 bits per heavy atom. The van der Waals surface area contributed by atoms with E-state index in [2.05, 4.69) is 17.0 Å². The normalized spacial score (nSPS) is 25.1. The summed E-state index contributed by atoms with van der Waals surface area (Å²) in [4.78, 5) is 2.23. The molecule has 2 aromatic rings. The molecule has 2 fully saturated rings. The van der Waals surface area contributed by atoms with Crippen LogP contribution in [0.2, 0.25) is 0 Å². The van der Waals surface area contributed by atoms with Gasteiger partial charge in [-0.3, -0.25) is 4.90 Å². The van der Waals surface area contributed by atoms with Crippen molar-refractivity contribution < 1.29 is 12.8 Å². The van der Waals surface area contributed by atoms with Crippen molar-refractivity contribution in [3.8, 4) is 0 Å². The average Bonchev–Trinajstić information content (AvgIpc) is 3.37. The summed E-state index contributed by atoms with van der Waals surface area (Å²) in [6, 6.07) is 13.7. The molecule has 2 atom stereocenters. The molecule has 4 rings (SSSR count). The van der Waals surface area contributed by atoms with Gasteiger partial charge in [0.2, 0.25) is 5.09 Å². The maximum absolute atomic E-state index is 12.6. The van der Waals surface area contributed by atoms with E-state index in [4.69, 9.17) is 10.2 Å². The minimum Gasteiger partial charge on any atom is -0.447 e. The van der Waals surface area contributed by atoms with Gasteiger partial charge in [-0.05, 0) is 30.5 Å². The third kappa shape index (κ3) is 3.44. The van der Waals surface area contributed by atoms with Gasteiger partial charge in [-0.1, -0.05) is 30.3 Å². The Labute approximate surface area is 154 Å². The summed E-state index contributed by atoms with van der Waals surface area (Å²) in [6.07, 6.45) is 1.83. The molecule has 7 heteroatoms. The number of hydrogen-bond acceptors (Lipinski definition) is 5. The summed E-state index contributed by atoms with van der Waals surface area (Å²) < 4.78 is 32.3. The van der Waals surface area contributed by atoms with Crippen molar-refractivity contribution in [1.82, 2.24) is 9.21 Å². The first-order chi connectivity index (χ1) is 12.5. The highest BCUT2D eigenvalue weighted by Crippen LogP contribution is 2.28. The number of nitrogens with zero attached hydrogens (tertiary/aromatic N) is 2. The number of sulfonamides is 1. The summed E-state index contributed by atoms with van der Waals surface area (Å²) in [5, 5.41) is 0.0532. The Hall–Kier alpha value is -1.67. The Morgan fingerprint density at radius 1 is 1.04 bits per heavy atom. The molecule has 140 valence electrons. The maximum atomic E-state index is 12.6. The monoisotopic (exact) mass is 375 g/mol. The Morgan fingerprint density at radius 2 is 1.77 bits per heavy atom. The van der Waals surface area contributed by atoms with Gasteiger partial charge in [0.15, 0.2) is 0 Å². The van der Waals surface area contributed by atoms with Gasteiger partial charge < -0.3 is 10.2 Å². The number of rotatable bonds is 5. The lowest BCUT2D eigenvalue weighted by Crippen LogP contribution is -2.28. The largest absolute Gasteiger partial charge is 0.447 e. The highest BCUT2D eigenvalue weighted by atomic mass is 32.2. The molecule has 26 heavy (non-hydrogen) atoms. The standard InChI is InChI=1S/C19H25N3O3S/c20-18-14-21(13-17(18)15-6-2-1-3-7-15)12-16-8-9-19(25-16)26(23,24)22-10-4-5-11-22/h1-3,6-9,17-18H,4-5,10-14,20H2/t17-,18+/m0/s1. The first-order valence-corrected chi connectivity index (χ1v) is 10.6. The molecule has 1 aromatic carbocycles. The van der Waals surface area contributed by atoms with E-state index in [0.717, 1.165) is 25.9 Å². The van der Waals surface area contributed by atoms with Crippen molar-refractivity contribution in [1.29, 1.82) is 0 Å². The second-order valence-electron chi connectivity index (χ2n) is 7.21. The summed E-state index contributed by atoms with van der Waals surface area (Å²) >= 11 is 0. The lowest BCUT2D eigenvalue weighted by molar-refractivity contribution is 0.277. The predicted octanol–water partition coefficient (Wildman–Crippen LogP) is 1.99. The maximum Gasteiger partial charge on any atom is 0.276 e. The number of furan rings is 1. The van der Waals surface area contributed by atoms with Gasteiger partial charge in [0.05, 0.1) is 6.54 Å². The van der Waals surface area contributed by atoms with E-state index < -0.39 is 10.0 Å². The number of hydrogen-bond donors (Lipinski definition) is 1. The van der Waals surface area contributed by atoms with Gasteiger partial charge in [-0.2, -0.15) is 4.31 Å². The number of likely N-dealkylation sites (tertiary alicyclic amines) is 1. The van der Waals surface area contributed by atoms with Gasteiger partial charge >= 0.3 is 0 Å². The van der Waals surface area contributed by atoms with E-state index >= 15 is 0 Å². The topological polar surface area (TPSA) is 79.8 Å². The predicted molar refractivity (Wildman–Crippen MR) is 99.1 cm³/mol. The summed E-state index contributed by atoms with van der Waals surface area (Å²) in [7, 11) is -3.49. The van der Waals surface area contributed by atoms with E-state index in [1.54, 1.807) is 12.1 Å². The van der Waals surface area contributed by atoms with Crippen molar-refractivity contribution in [2.75, 3.05) is 26.2 Å². The molecule has 2 saturated heterocycles. The third-order valence-corrected chi connectivity index (χ3v) is 7.12. The fourth-order valence-corrected chi connectivity index (χ4v) is 5.40. The zero-order valence-electron chi connectivity index (χ0n) is 14.8. The molecule has 2 aliphatic rings. The highest BCUT2D eigenvalue weighted by molar-refractivity contribution is 7.89. The van der Waals surface area contributed by atoms with Crippen molar-refractivity contribution in [2.24, 2.45) is 5.73 Å². The van der Waals surface area contributed by atoms with Gasteiger partial charge in [0, 0.05) is 38.1 Å². The smallest absolute Gasteiger partial charge is 0.276 e. The van der Waals surface area contributed by atoms with Crippen LogP contribution in [0.4, 0.5) is 0 Å². The molecular formula is C19H25N3O3S. The summed E-state index contributed by atoms with van der Waals surface area (Å²) in [5.41, 5.74) is 7.59. The lowest BCUT2D eigenvalue weighted by atomic mass is 9.95. The fourth-order valence-electron chi connectivity index (χ4n) is 3.95. The average molecular weight is 375 g/mol. The van der Waals surface area contributed by atoms with Crippen molar-refractivity contribution in [3.05, 3.63) is 53.8 Å². The second kappa shape index (κ2) is 7.15. The van der Waals surface area contributed by atoms with E-state index in [1.807, 2.05) is 18.2 Å². The molecule has 0 amide bonds. The first kappa shape index (κ1) is 17.7. The van der Waals surface area contributed by atoms with Crippen LogP contribution in [0.25, 0.3) is 0 Å². The van der Waals surface area contributed by atoms with Gasteiger partial charge in [-0.15, -0.1) is 0 Å². The molecule has 0 saturated carbocycles. The van der Waals surface area contributed by atoms with E-state index in [0.29, 0.717) is 31.3 Å². The fraction of sp³-hybridized carbons (Fsp3) is 0.474. The molecule has 3 heterocycles. The zero-order chi connectivity index (χ0) is 18.1. The molecule has 0 aliphatic carbocycles. The molecule has 0 radical (unpaired) electrons. The third-order valence-electron chi connectivity index (χ3n) is 5.34. The molecule has 1 aromatic heterocycles. The Kier molecular flexibility index (Phi) is 4.88. The van der Waals surface area contributed by atoms with Crippen LogP contribution in [0.15, 0.2) is 52.0 Å². The van der Waals surface area contributed by atoms with Crippen LogP contribution in [-0.2, 0) is 16.6 Å². The van der Waals surface area contributed by atoms with Crippen LogP contribution >= 0.6 is 0 Å².